The van der Waals surface area contributed by atoms with Crippen molar-refractivity contribution >= 4 is 17.7 Å². The first kappa shape index (κ1) is 27.7. The van der Waals surface area contributed by atoms with Gasteiger partial charge >= 0.3 is 12.5 Å². The van der Waals surface area contributed by atoms with Gasteiger partial charge in [0.2, 0.25) is 5.91 Å². The Balaban J connectivity index is 1.76. The molecule has 0 unspecified atom stereocenters. The maximum absolute atomic E-state index is 13.1. The number of carbonyl (C=O) groups excluding carboxylic acids is 2. The Morgan fingerprint density at radius 2 is 1.65 bits per heavy atom. The first-order valence-corrected chi connectivity index (χ1v) is 11.6. The van der Waals surface area contributed by atoms with Gasteiger partial charge in [-0.05, 0) is 69.2 Å². The fourth-order valence-corrected chi connectivity index (χ4v) is 3.95. The molecular weight excluding hydrogens is 489 g/mol. The maximum atomic E-state index is 13.1. The van der Waals surface area contributed by atoms with E-state index in [1.54, 1.807) is 32.9 Å². The number of carbonyl (C=O) groups is 2. The summed E-state index contributed by atoms with van der Waals surface area (Å²) in [5.74, 6) is 1.49. The van der Waals surface area contributed by atoms with E-state index in [-0.39, 0.29) is 25.0 Å². The van der Waals surface area contributed by atoms with Crippen molar-refractivity contribution in [2.24, 2.45) is 5.92 Å². The molecule has 2 aromatic rings. The van der Waals surface area contributed by atoms with Gasteiger partial charge in [0, 0.05) is 24.7 Å². The predicted molar refractivity (Wildman–Crippen MR) is 131 cm³/mol. The fourth-order valence-electron chi connectivity index (χ4n) is 3.95. The van der Waals surface area contributed by atoms with Gasteiger partial charge in [0.05, 0.1) is 5.92 Å². The van der Waals surface area contributed by atoms with E-state index in [0.717, 1.165) is 17.7 Å². The van der Waals surface area contributed by atoms with E-state index in [0.29, 0.717) is 24.4 Å². The third kappa shape index (κ3) is 8.63. The molecule has 1 aliphatic rings. The number of likely N-dealkylation sites (tertiary alicyclic amines) is 1. The molecule has 7 nitrogen and oxygen atoms in total. The summed E-state index contributed by atoms with van der Waals surface area (Å²) in [5, 5.41) is 2.72. The van der Waals surface area contributed by atoms with Crippen LogP contribution >= 0.6 is 0 Å². The van der Waals surface area contributed by atoms with Gasteiger partial charge in [-0.15, -0.1) is 19.6 Å². The molecule has 0 aliphatic carbocycles. The second-order valence-electron chi connectivity index (χ2n) is 9.64. The van der Waals surface area contributed by atoms with Gasteiger partial charge in [-0.2, -0.15) is 0 Å². The molecule has 2 atom stereocenters. The van der Waals surface area contributed by atoms with Crippen molar-refractivity contribution in [2.75, 3.05) is 25.0 Å². The first-order valence-electron chi connectivity index (χ1n) is 11.6. The van der Waals surface area contributed by atoms with Crippen LogP contribution in [0.3, 0.4) is 0 Å². The van der Waals surface area contributed by atoms with E-state index in [4.69, 9.17) is 15.9 Å². The van der Waals surface area contributed by atoms with Gasteiger partial charge < -0.3 is 24.4 Å². The Morgan fingerprint density at radius 1 is 1.03 bits per heavy atom. The van der Waals surface area contributed by atoms with Gasteiger partial charge in [-0.1, -0.05) is 18.1 Å². The van der Waals surface area contributed by atoms with Crippen LogP contribution in [-0.4, -0.2) is 48.6 Å². The monoisotopic (exact) mass is 518 g/mol. The number of halogens is 3. The number of hydrogen-bond donors (Lipinski definition) is 1. The lowest BCUT2D eigenvalue weighted by Crippen LogP contribution is -2.48. The van der Waals surface area contributed by atoms with Gasteiger partial charge in [-0.3, -0.25) is 4.79 Å². The minimum absolute atomic E-state index is 0.135. The van der Waals surface area contributed by atoms with Crippen LogP contribution in [0.4, 0.5) is 23.7 Å². The van der Waals surface area contributed by atoms with E-state index < -0.39 is 29.7 Å². The number of benzene rings is 2. The lowest BCUT2D eigenvalue weighted by atomic mass is 9.84. The molecule has 198 valence electrons. The summed E-state index contributed by atoms with van der Waals surface area (Å²) in [6.45, 7) is 5.91. The molecule has 0 saturated carbocycles. The van der Waals surface area contributed by atoms with Gasteiger partial charge in [-0.25, -0.2) is 4.79 Å². The number of nitrogens with one attached hydrogen (secondary N) is 1. The Kier molecular flexibility index (Phi) is 8.58. The number of piperidine rings is 1. The molecule has 1 aliphatic heterocycles. The highest BCUT2D eigenvalue weighted by molar-refractivity contribution is 5.93. The zero-order chi connectivity index (χ0) is 27.2. The average Bonchev–Trinajstić information content (AvgIpc) is 2.82. The number of hydrogen-bond acceptors (Lipinski definition) is 5. The molecule has 1 N–H and O–H groups in total. The standard InChI is InChI=1S/C27H29F3N2O5/c1-5-14-35-22-10-6-18(7-11-22)19-15-20(17-32(16-19)25(34)37-26(2,3)4)24(33)31-21-8-12-23(13-9-21)36-27(28,29)30/h1,6-13,19-20H,14-17H2,2-4H3,(H,31,33)/t19-,20-/m1/s1. The molecule has 2 amide bonds. The highest BCUT2D eigenvalue weighted by Crippen LogP contribution is 2.33. The third-order valence-electron chi connectivity index (χ3n) is 5.50. The quantitative estimate of drug-likeness (QED) is 0.506. The molecule has 1 fully saturated rings. The average molecular weight is 519 g/mol. The molecule has 1 heterocycles. The summed E-state index contributed by atoms with van der Waals surface area (Å²) in [4.78, 5) is 27.5. The molecule has 0 radical (unpaired) electrons. The molecule has 0 aromatic heterocycles. The summed E-state index contributed by atoms with van der Waals surface area (Å²) < 4.78 is 52.0. The van der Waals surface area contributed by atoms with Crippen LogP contribution in [0.2, 0.25) is 0 Å². The first-order chi connectivity index (χ1) is 17.3. The van der Waals surface area contributed by atoms with Crippen molar-refractivity contribution in [3.05, 3.63) is 54.1 Å². The van der Waals surface area contributed by atoms with Crippen LogP contribution in [0.1, 0.15) is 38.7 Å². The minimum atomic E-state index is -4.81. The second-order valence-corrected chi connectivity index (χ2v) is 9.64. The van der Waals surface area contributed by atoms with Gasteiger partial charge in [0.25, 0.3) is 0 Å². The van der Waals surface area contributed by atoms with Crippen molar-refractivity contribution in [3.8, 4) is 23.8 Å². The molecule has 37 heavy (non-hydrogen) atoms. The number of alkyl halides is 3. The lowest BCUT2D eigenvalue weighted by molar-refractivity contribution is -0.274. The maximum Gasteiger partial charge on any atom is 0.573 e. The highest BCUT2D eigenvalue weighted by Gasteiger charge is 2.36. The molecular formula is C27H29F3N2O5. The van der Waals surface area contributed by atoms with Crippen molar-refractivity contribution < 1.29 is 37.0 Å². The molecule has 10 heteroatoms. The van der Waals surface area contributed by atoms with E-state index in [1.165, 1.54) is 17.0 Å². The third-order valence-corrected chi connectivity index (χ3v) is 5.50. The molecule has 3 rings (SSSR count). The van der Waals surface area contributed by atoms with E-state index in [2.05, 4.69) is 16.0 Å². The normalized spacial score (nSPS) is 17.9. The smallest absolute Gasteiger partial charge is 0.481 e. The van der Waals surface area contributed by atoms with Crippen molar-refractivity contribution in [1.82, 2.24) is 4.90 Å². The summed E-state index contributed by atoms with van der Waals surface area (Å²) in [6, 6.07) is 12.2. The summed E-state index contributed by atoms with van der Waals surface area (Å²) in [7, 11) is 0. The zero-order valence-corrected chi connectivity index (χ0v) is 20.8. The number of ether oxygens (including phenoxy) is 3. The molecule has 2 aromatic carbocycles. The van der Waals surface area contributed by atoms with Crippen LogP contribution in [-0.2, 0) is 9.53 Å². The summed E-state index contributed by atoms with van der Waals surface area (Å²) >= 11 is 0. The molecule has 0 bridgehead atoms. The molecule has 1 saturated heterocycles. The SMILES string of the molecule is C#CCOc1ccc([C@@H]2C[C@@H](C(=O)Nc3ccc(OC(F)(F)F)cc3)CN(C(=O)OC(C)(C)C)C2)cc1. The Bertz CT molecular complexity index is 1120. The second kappa shape index (κ2) is 11.5. The van der Waals surface area contributed by atoms with E-state index >= 15 is 0 Å². The zero-order valence-electron chi connectivity index (χ0n) is 20.8. The van der Waals surface area contributed by atoms with Crippen molar-refractivity contribution in [1.29, 1.82) is 0 Å². The lowest BCUT2D eigenvalue weighted by Gasteiger charge is -2.38. The number of amides is 2. The highest BCUT2D eigenvalue weighted by atomic mass is 19.4. The van der Waals surface area contributed by atoms with Crippen molar-refractivity contribution in [3.63, 3.8) is 0 Å². The largest absolute Gasteiger partial charge is 0.573 e. The number of nitrogens with zero attached hydrogens (tertiary/aromatic N) is 1. The van der Waals surface area contributed by atoms with Gasteiger partial charge in [0.15, 0.2) is 0 Å². The topological polar surface area (TPSA) is 77.1 Å². The van der Waals surface area contributed by atoms with Crippen LogP contribution < -0.4 is 14.8 Å². The number of terminal acetylenes is 1. The van der Waals surface area contributed by atoms with E-state index in [1.807, 2.05) is 12.1 Å². The number of anilines is 1. The summed E-state index contributed by atoms with van der Waals surface area (Å²) in [6.07, 6.45) is 0.340. The van der Waals surface area contributed by atoms with Crippen molar-refractivity contribution in [2.45, 2.75) is 45.1 Å². The predicted octanol–water partition coefficient (Wildman–Crippen LogP) is 5.58. The molecule has 0 spiro atoms. The fraction of sp³-hybridized carbons (Fsp3) is 0.407. The van der Waals surface area contributed by atoms with Crippen LogP contribution in [0.25, 0.3) is 0 Å². The summed E-state index contributed by atoms with van der Waals surface area (Å²) in [5.41, 5.74) is 0.506. The van der Waals surface area contributed by atoms with Crippen LogP contribution in [0, 0.1) is 18.3 Å². The van der Waals surface area contributed by atoms with Crippen LogP contribution in [0.15, 0.2) is 48.5 Å². The Morgan fingerprint density at radius 3 is 2.22 bits per heavy atom. The number of rotatable bonds is 6. The Hall–Kier alpha value is -3.87. The van der Waals surface area contributed by atoms with Crippen LogP contribution in [0.5, 0.6) is 11.5 Å². The Labute approximate surface area is 213 Å². The van der Waals surface area contributed by atoms with E-state index in [9.17, 15) is 22.8 Å². The minimum Gasteiger partial charge on any atom is -0.481 e. The van der Waals surface area contributed by atoms with Gasteiger partial charge in [0.1, 0.15) is 23.7 Å².